The average molecular weight is 218 g/mol. The predicted octanol–water partition coefficient (Wildman–Crippen LogP) is 2.08. The lowest BCUT2D eigenvalue weighted by Crippen LogP contribution is -2.04. The fourth-order valence-corrected chi connectivity index (χ4v) is 2.14. The van der Waals surface area contributed by atoms with E-state index >= 15 is 0 Å². The van der Waals surface area contributed by atoms with Gasteiger partial charge in [-0.25, -0.2) is 4.79 Å². The number of carboxylic acids is 1. The number of aromatic nitrogens is 1. The summed E-state index contributed by atoms with van der Waals surface area (Å²) in [6.45, 7) is 3.84. The molecular formula is C12H14N2O2. The van der Waals surface area contributed by atoms with Crippen LogP contribution in [0.15, 0.2) is 12.1 Å². The number of nitrogens with zero attached hydrogens (tertiary/aromatic N) is 1. The number of nitrogen functional groups attached to an aromatic ring is 1. The van der Waals surface area contributed by atoms with Crippen LogP contribution in [-0.2, 0) is 7.05 Å². The van der Waals surface area contributed by atoms with Crippen LogP contribution in [0.25, 0.3) is 10.9 Å². The van der Waals surface area contributed by atoms with E-state index in [1.54, 1.807) is 17.7 Å². The number of carbonyl (C=O) groups is 1. The Bertz CT molecular complexity index is 597. The Morgan fingerprint density at radius 1 is 1.38 bits per heavy atom. The number of hydrogen-bond donors (Lipinski definition) is 2. The van der Waals surface area contributed by atoms with Crippen LogP contribution < -0.4 is 5.73 Å². The van der Waals surface area contributed by atoms with E-state index in [9.17, 15) is 4.79 Å². The molecule has 1 heterocycles. The Morgan fingerprint density at radius 3 is 2.56 bits per heavy atom. The van der Waals surface area contributed by atoms with Crippen LogP contribution >= 0.6 is 0 Å². The van der Waals surface area contributed by atoms with Crippen molar-refractivity contribution < 1.29 is 9.90 Å². The topological polar surface area (TPSA) is 68.2 Å². The van der Waals surface area contributed by atoms with Crippen LogP contribution in [-0.4, -0.2) is 15.6 Å². The molecule has 1 aromatic carbocycles. The molecule has 16 heavy (non-hydrogen) atoms. The SMILES string of the molecule is Cc1c(N)cc(C)c2c1cc(C(=O)O)n2C. The first kappa shape index (κ1) is 10.5. The van der Waals surface area contributed by atoms with Gasteiger partial charge in [0.1, 0.15) is 5.69 Å². The molecule has 0 fully saturated rings. The number of hydrogen-bond acceptors (Lipinski definition) is 2. The third-order valence-corrected chi connectivity index (χ3v) is 3.03. The van der Waals surface area contributed by atoms with E-state index in [1.165, 1.54) is 0 Å². The van der Waals surface area contributed by atoms with E-state index in [0.29, 0.717) is 5.69 Å². The van der Waals surface area contributed by atoms with Gasteiger partial charge in [-0.2, -0.15) is 0 Å². The fourth-order valence-electron chi connectivity index (χ4n) is 2.14. The van der Waals surface area contributed by atoms with E-state index in [0.717, 1.165) is 22.0 Å². The summed E-state index contributed by atoms with van der Waals surface area (Å²) >= 11 is 0. The fraction of sp³-hybridized carbons (Fsp3) is 0.250. The van der Waals surface area contributed by atoms with Gasteiger partial charge < -0.3 is 15.4 Å². The van der Waals surface area contributed by atoms with Gasteiger partial charge in [0.05, 0.1) is 5.52 Å². The molecule has 1 aromatic heterocycles. The lowest BCUT2D eigenvalue weighted by Gasteiger charge is -2.07. The molecular weight excluding hydrogens is 204 g/mol. The summed E-state index contributed by atoms with van der Waals surface area (Å²) in [7, 11) is 1.76. The molecule has 2 aromatic rings. The highest BCUT2D eigenvalue weighted by Crippen LogP contribution is 2.29. The summed E-state index contributed by atoms with van der Waals surface area (Å²) in [6, 6.07) is 3.56. The maximum atomic E-state index is 11.0. The second-order valence-electron chi connectivity index (χ2n) is 4.06. The van der Waals surface area contributed by atoms with Crippen molar-refractivity contribution in [1.82, 2.24) is 4.57 Å². The minimum absolute atomic E-state index is 0.284. The molecule has 0 aliphatic carbocycles. The molecule has 0 saturated carbocycles. The van der Waals surface area contributed by atoms with Crippen LogP contribution in [0.3, 0.4) is 0 Å². The van der Waals surface area contributed by atoms with Crippen molar-refractivity contribution >= 4 is 22.6 Å². The summed E-state index contributed by atoms with van der Waals surface area (Å²) in [6.07, 6.45) is 0. The van der Waals surface area contributed by atoms with Crippen LogP contribution in [0.4, 0.5) is 5.69 Å². The van der Waals surface area contributed by atoms with Gasteiger partial charge >= 0.3 is 5.97 Å². The Hall–Kier alpha value is -1.97. The van der Waals surface area contributed by atoms with Gasteiger partial charge in [0.15, 0.2) is 0 Å². The number of nitrogens with two attached hydrogens (primary N) is 1. The molecule has 0 bridgehead atoms. The van der Waals surface area contributed by atoms with Gasteiger partial charge in [-0.3, -0.25) is 0 Å². The third kappa shape index (κ3) is 1.26. The van der Waals surface area contributed by atoms with E-state index in [-0.39, 0.29) is 5.69 Å². The number of anilines is 1. The van der Waals surface area contributed by atoms with Crippen molar-refractivity contribution in [1.29, 1.82) is 0 Å². The van der Waals surface area contributed by atoms with Crippen molar-refractivity contribution in [2.75, 3.05) is 5.73 Å². The summed E-state index contributed by atoms with van der Waals surface area (Å²) in [5.74, 6) is -0.920. The highest BCUT2D eigenvalue weighted by molar-refractivity contribution is 5.98. The maximum absolute atomic E-state index is 11.0. The van der Waals surface area contributed by atoms with Gasteiger partial charge in [-0.1, -0.05) is 0 Å². The molecule has 84 valence electrons. The zero-order chi connectivity index (χ0) is 12.0. The van der Waals surface area contributed by atoms with Crippen molar-refractivity contribution in [2.45, 2.75) is 13.8 Å². The summed E-state index contributed by atoms with van der Waals surface area (Å²) in [4.78, 5) is 11.0. The Labute approximate surface area is 93.3 Å². The van der Waals surface area contributed by atoms with Crippen LogP contribution in [0.5, 0.6) is 0 Å². The maximum Gasteiger partial charge on any atom is 0.352 e. The predicted molar refractivity (Wildman–Crippen MR) is 63.8 cm³/mol. The van der Waals surface area contributed by atoms with E-state index in [4.69, 9.17) is 10.8 Å². The number of benzene rings is 1. The van der Waals surface area contributed by atoms with Crippen molar-refractivity contribution in [2.24, 2.45) is 7.05 Å². The van der Waals surface area contributed by atoms with Crippen molar-refractivity contribution in [3.8, 4) is 0 Å². The molecule has 3 N–H and O–H groups in total. The molecule has 0 saturated heterocycles. The number of carboxylic acid groups (broad SMARTS) is 1. The minimum Gasteiger partial charge on any atom is -0.477 e. The van der Waals surface area contributed by atoms with Crippen LogP contribution in [0.1, 0.15) is 21.6 Å². The summed E-state index contributed by atoms with van der Waals surface area (Å²) in [5.41, 5.74) is 9.71. The Morgan fingerprint density at radius 2 is 2.00 bits per heavy atom. The second-order valence-corrected chi connectivity index (χ2v) is 4.06. The highest BCUT2D eigenvalue weighted by Gasteiger charge is 2.15. The summed E-state index contributed by atoms with van der Waals surface area (Å²) in [5, 5.41) is 9.98. The lowest BCUT2D eigenvalue weighted by atomic mass is 10.1. The number of rotatable bonds is 1. The first-order valence-electron chi connectivity index (χ1n) is 5.02. The quantitative estimate of drug-likeness (QED) is 0.720. The molecule has 0 aliphatic rings. The summed E-state index contributed by atoms with van der Waals surface area (Å²) < 4.78 is 1.69. The van der Waals surface area contributed by atoms with Crippen LogP contribution in [0.2, 0.25) is 0 Å². The Balaban J connectivity index is 2.96. The van der Waals surface area contributed by atoms with Crippen molar-refractivity contribution in [3.63, 3.8) is 0 Å². The molecule has 4 nitrogen and oxygen atoms in total. The monoisotopic (exact) mass is 218 g/mol. The Kier molecular flexibility index (Phi) is 2.15. The lowest BCUT2D eigenvalue weighted by molar-refractivity contribution is 0.0687. The second kappa shape index (κ2) is 3.27. The molecule has 2 rings (SSSR count). The molecule has 0 radical (unpaired) electrons. The molecule has 0 aliphatic heterocycles. The first-order valence-corrected chi connectivity index (χ1v) is 5.02. The third-order valence-electron chi connectivity index (χ3n) is 3.03. The molecule has 0 spiro atoms. The van der Waals surface area contributed by atoms with E-state index in [1.807, 2.05) is 19.9 Å². The molecule has 0 amide bonds. The standard InChI is InChI=1S/C12H14N2O2/c1-6-4-9(13)7(2)8-5-10(12(15)16)14(3)11(6)8/h4-5H,13H2,1-3H3,(H,15,16). The molecule has 0 unspecified atom stereocenters. The van der Waals surface area contributed by atoms with Gasteiger partial charge in [-0.15, -0.1) is 0 Å². The van der Waals surface area contributed by atoms with E-state index < -0.39 is 5.97 Å². The van der Waals surface area contributed by atoms with Gasteiger partial charge in [0, 0.05) is 18.1 Å². The average Bonchev–Trinajstić information content (AvgIpc) is 2.53. The van der Waals surface area contributed by atoms with Crippen LogP contribution in [0, 0.1) is 13.8 Å². The highest BCUT2D eigenvalue weighted by atomic mass is 16.4. The normalized spacial score (nSPS) is 10.9. The van der Waals surface area contributed by atoms with Gasteiger partial charge in [0.2, 0.25) is 0 Å². The van der Waals surface area contributed by atoms with Crippen molar-refractivity contribution in [3.05, 3.63) is 29.0 Å². The smallest absolute Gasteiger partial charge is 0.352 e. The zero-order valence-corrected chi connectivity index (χ0v) is 9.53. The largest absolute Gasteiger partial charge is 0.477 e. The number of aromatic carboxylic acids is 1. The number of aryl methyl sites for hydroxylation is 3. The molecule has 0 atom stereocenters. The van der Waals surface area contributed by atoms with Gasteiger partial charge in [-0.05, 0) is 37.1 Å². The van der Waals surface area contributed by atoms with Gasteiger partial charge in [0.25, 0.3) is 0 Å². The van der Waals surface area contributed by atoms with E-state index in [2.05, 4.69) is 0 Å². The first-order chi connectivity index (χ1) is 7.43. The number of fused-ring (bicyclic) bond motifs is 1. The molecule has 4 heteroatoms. The zero-order valence-electron chi connectivity index (χ0n) is 9.53. The minimum atomic E-state index is -0.920.